The first kappa shape index (κ1) is 60.8. The Labute approximate surface area is 391 Å². The third-order valence-electron chi connectivity index (χ3n) is 12.5. The Balaban J connectivity index is 4.56. The first-order valence-corrected chi connectivity index (χ1v) is 27.4. The molecular formula is C57H105NO5. The molecular weight excluding hydrogens is 779 g/mol. The summed E-state index contributed by atoms with van der Waals surface area (Å²) in [6, 6.07) is -0.708. The molecule has 0 bridgehead atoms. The number of hydrogen-bond acceptors (Lipinski definition) is 5. The van der Waals surface area contributed by atoms with E-state index in [4.69, 9.17) is 4.74 Å². The second-order valence-electron chi connectivity index (χ2n) is 18.7. The number of aliphatic hydroxyl groups excluding tert-OH is 2. The molecule has 0 spiro atoms. The first-order chi connectivity index (χ1) is 31.0. The van der Waals surface area contributed by atoms with Crippen LogP contribution in [0.15, 0.2) is 48.6 Å². The number of unbranched alkanes of at least 4 members (excludes halogenated alkanes) is 31. The minimum absolute atomic E-state index is 0.0645. The van der Waals surface area contributed by atoms with Crippen molar-refractivity contribution < 1.29 is 24.5 Å². The van der Waals surface area contributed by atoms with Gasteiger partial charge in [-0.2, -0.15) is 0 Å². The summed E-state index contributed by atoms with van der Waals surface area (Å²) in [4.78, 5) is 26.2. The number of carbonyl (C=O) groups excluding carboxylic acids is 2. The zero-order valence-electron chi connectivity index (χ0n) is 42.0. The predicted octanol–water partition coefficient (Wildman–Crippen LogP) is 16.6. The van der Waals surface area contributed by atoms with Gasteiger partial charge in [0.1, 0.15) is 6.10 Å². The smallest absolute Gasteiger partial charge is 0.306 e. The number of ether oxygens (including phenoxy) is 1. The van der Waals surface area contributed by atoms with Crippen LogP contribution in [0.1, 0.15) is 278 Å². The van der Waals surface area contributed by atoms with Gasteiger partial charge >= 0.3 is 5.97 Å². The third-order valence-corrected chi connectivity index (χ3v) is 12.5. The Morgan fingerprint density at radius 1 is 0.476 bits per heavy atom. The van der Waals surface area contributed by atoms with Gasteiger partial charge in [0, 0.05) is 6.42 Å². The highest BCUT2D eigenvalue weighted by molar-refractivity contribution is 5.77. The van der Waals surface area contributed by atoms with E-state index in [1.165, 1.54) is 141 Å². The van der Waals surface area contributed by atoms with Crippen molar-refractivity contribution in [3.05, 3.63) is 48.6 Å². The van der Waals surface area contributed by atoms with Crippen LogP contribution in [0.2, 0.25) is 0 Å². The van der Waals surface area contributed by atoms with E-state index in [0.717, 1.165) is 89.9 Å². The van der Waals surface area contributed by atoms with E-state index in [1.54, 1.807) is 0 Å². The van der Waals surface area contributed by atoms with Crippen LogP contribution in [0.5, 0.6) is 0 Å². The van der Waals surface area contributed by atoms with Crippen molar-refractivity contribution in [3.8, 4) is 0 Å². The molecule has 3 N–H and O–H groups in total. The van der Waals surface area contributed by atoms with Gasteiger partial charge in [0.05, 0.1) is 25.2 Å². The number of amides is 1. The molecule has 3 atom stereocenters. The lowest BCUT2D eigenvalue weighted by molar-refractivity contribution is -0.151. The summed E-state index contributed by atoms with van der Waals surface area (Å²) in [6.07, 6.45) is 61.7. The zero-order valence-corrected chi connectivity index (χ0v) is 42.0. The minimum atomic E-state index is -0.794. The van der Waals surface area contributed by atoms with Crippen LogP contribution in [0.25, 0.3) is 0 Å². The number of carbonyl (C=O) groups is 2. The molecule has 0 aromatic heterocycles. The second kappa shape index (κ2) is 50.8. The Morgan fingerprint density at radius 3 is 1.33 bits per heavy atom. The van der Waals surface area contributed by atoms with Crippen molar-refractivity contribution in [1.82, 2.24) is 5.32 Å². The van der Waals surface area contributed by atoms with Gasteiger partial charge in [-0.25, -0.2) is 0 Å². The van der Waals surface area contributed by atoms with Gasteiger partial charge < -0.3 is 20.3 Å². The Hall–Kier alpha value is -2.18. The molecule has 0 aliphatic carbocycles. The van der Waals surface area contributed by atoms with Gasteiger partial charge in [0.15, 0.2) is 0 Å². The van der Waals surface area contributed by atoms with Crippen LogP contribution in [0.3, 0.4) is 0 Å². The second-order valence-corrected chi connectivity index (χ2v) is 18.7. The van der Waals surface area contributed by atoms with Crippen molar-refractivity contribution in [3.63, 3.8) is 0 Å². The number of allylic oxidation sites excluding steroid dienone is 8. The molecule has 0 aliphatic heterocycles. The number of esters is 1. The minimum Gasteiger partial charge on any atom is -0.462 e. The molecule has 0 aromatic carbocycles. The molecule has 0 radical (unpaired) electrons. The van der Waals surface area contributed by atoms with E-state index in [9.17, 15) is 19.8 Å². The van der Waals surface area contributed by atoms with E-state index in [0.29, 0.717) is 19.3 Å². The lowest BCUT2D eigenvalue weighted by Crippen LogP contribution is -2.46. The van der Waals surface area contributed by atoms with E-state index < -0.39 is 18.2 Å². The molecule has 6 nitrogen and oxygen atoms in total. The van der Waals surface area contributed by atoms with Crippen LogP contribution in [-0.4, -0.2) is 46.9 Å². The summed E-state index contributed by atoms with van der Waals surface area (Å²) in [5.41, 5.74) is 0. The summed E-state index contributed by atoms with van der Waals surface area (Å²) in [7, 11) is 0. The SMILES string of the molecule is CC/C=C/C=C/C=C\CCCCCCCC(=O)OC(CCCCCCC/C=C/CCCCCCCC)CC(=O)NC(CO)C(O)CCCCCCCCCCCCCCCCCC. The lowest BCUT2D eigenvalue weighted by atomic mass is 10.0. The molecule has 0 aromatic rings. The lowest BCUT2D eigenvalue weighted by Gasteiger charge is -2.24. The van der Waals surface area contributed by atoms with E-state index >= 15 is 0 Å². The number of nitrogens with one attached hydrogen (secondary N) is 1. The molecule has 3 unspecified atom stereocenters. The Morgan fingerprint density at radius 2 is 0.873 bits per heavy atom. The normalized spacial score (nSPS) is 13.5. The Bertz CT molecular complexity index is 1080. The van der Waals surface area contributed by atoms with Crippen LogP contribution >= 0.6 is 0 Å². The van der Waals surface area contributed by atoms with E-state index in [2.05, 4.69) is 74.7 Å². The van der Waals surface area contributed by atoms with Gasteiger partial charge in [-0.3, -0.25) is 9.59 Å². The highest BCUT2D eigenvalue weighted by atomic mass is 16.5. The summed E-state index contributed by atoms with van der Waals surface area (Å²) < 4.78 is 5.93. The fourth-order valence-corrected chi connectivity index (χ4v) is 8.31. The molecule has 0 heterocycles. The molecule has 0 fully saturated rings. The maximum absolute atomic E-state index is 13.2. The molecule has 0 aliphatic rings. The van der Waals surface area contributed by atoms with Crippen LogP contribution in [-0.2, 0) is 14.3 Å². The van der Waals surface area contributed by atoms with E-state index in [1.807, 2.05) is 0 Å². The monoisotopic (exact) mass is 884 g/mol. The molecule has 368 valence electrons. The van der Waals surface area contributed by atoms with Crippen molar-refractivity contribution in [2.24, 2.45) is 0 Å². The van der Waals surface area contributed by atoms with Crippen LogP contribution in [0, 0.1) is 0 Å². The van der Waals surface area contributed by atoms with Crippen molar-refractivity contribution in [1.29, 1.82) is 0 Å². The zero-order chi connectivity index (χ0) is 45.9. The summed E-state index contributed by atoms with van der Waals surface area (Å²) in [6.45, 7) is 6.36. The largest absolute Gasteiger partial charge is 0.462 e. The number of hydrogen-bond donors (Lipinski definition) is 3. The quantitative estimate of drug-likeness (QED) is 0.0245. The van der Waals surface area contributed by atoms with Gasteiger partial charge in [0.25, 0.3) is 0 Å². The fourth-order valence-electron chi connectivity index (χ4n) is 8.31. The van der Waals surface area contributed by atoms with Crippen LogP contribution < -0.4 is 5.32 Å². The summed E-state index contributed by atoms with van der Waals surface area (Å²) >= 11 is 0. The van der Waals surface area contributed by atoms with Gasteiger partial charge in [0.2, 0.25) is 5.91 Å². The average Bonchev–Trinajstić information content (AvgIpc) is 3.28. The maximum Gasteiger partial charge on any atom is 0.306 e. The highest BCUT2D eigenvalue weighted by Crippen LogP contribution is 2.18. The van der Waals surface area contributed by atoms with E-state index in [-0.39, 0.29) is 24.9 Å². The first-order valence-electron chi connectivity index (χ1n) is 27.4. The average molecular weight is 884 g/mol. The third kappa shape index (κ3) is 46.2. The van der Waals surface area contributed by atoms with Crippen molar-refractivity contribution in [2.45, 2.75) is 296 Å². The highest BCUT2D eigenvalue weighted by Gasteiger charge is 2.24. The molecule has 0 saturated heterocycles. The molecule has 1 amide bonds. The van der Waals surface area contributed by atoms with Crippen molar-refractivity contribution >= 4 is 11.9 Å². The molecule has 0 saturated carbocycles. The van der Waals surface area contributed by atoms with Gasteiger partial charge in [-0.1, -0.05) is 243 Å². The molecule has 63 heavy (non-hydrogen) atoms. The number of aliphatic hydroxyl groups is 2. The van der Waals surface area contributed by atoms with Gasteiger partial charge in [-0.05, 0) is 70.6 Å². The van der Waals surface area contributed by atoms with Crippen LogP contribution in [0.4, 0.5) is 0 Å². The fraction of sp³-hybridized carbons (Fsp3) is 0.825. The van der Waals surface area contributed by atoms with Gasteiger partial charge in [-0.15, -0.1) is 0 Å². The number of rotatable bonds is 49. The molecule has 0 rings (SSSR count). The Kier molecular flexibility index (Phi) is 49.1. The maximum atomic E-state index is 13.2. The van der Waals surface area contributed by atoms with Crippen molar-refractivity contribution in [2.75, 3.05) is 6.61 Å². The predicted molar refractivity (Wildman–Crippen MR) is 273 cm³/mol. The summed E-state index contributed by atoms with van der Waals surface area (Å²) in [5, 5.41) is 23.8. The topological polar surface area (TPSA) is 95.9 Å². The summed E-state index contributed by atoms with van der Waals surface area (Å²) in [5.74, 6) is -0.498. The molecule has 6 heteroatoms. The standard InChI is InChI=1S/C57H105NO5/c1-4-7-10-13-16-19-22-25-27-29-32-34-37-40-43-46-49-55(60)54(52-59)58-56(61)51-53(48-45-42-39-36-33-31-28-26-23-20-17-14-11-8-5-2)63-57(62)50-47-44-41-38-35-30-24-21-18-15-12-9-6-3/h9,12,15,18,21,24,26,28,53-55,59-60H,4-8,10-11,13-14,16-17,19-20,22-23,25,27,29-52H2,1-3H3,(H,58,61)/b12-9+,18-15+,24-21-,28-26+.